The lowest BCUT2D eigenvalue weighted by molar-refractivity contribution is -0.136. The number of carbonyl (C=O) groups is 1. The van der Waals surface area contributed by atoms with E-state index < -0.39 is 5.97 Å². The molecule has 106 valence electrons. The third-order valence-corrected chi connectivity index (χ3v) is 3.51. The fourth-order valence-corrected chi connectivity index (χ4v) is 2.34. The van der Waals surface area contributed by atoms with Crippen molar-refractivity contribution >= 4 is 5.97 Å². The highest BCUT2D eigenvalue weighted by molar-refractivity contribution is 5.67. The number of aromatic nitrogens is 2. The minimum absolute atomic E-state index is 0.137. The summed E-state index contributed by atoms with van der Waals surface area (Å²) in [7, 11) is 0. The number of hydrogen-bond acceptors (Lipinski definition) is 2. The number of nitrogens with zero attached hydrogens (tertiary/aromatic N) is 2. The van der Waals surface area contributed by atoms with Crippen LogP contribution in [0.5, 0.6) is 0 Å². The predicted molar refractivity (Wildman–Crippen MR) is 78.3 cm³/mol. The van der Waals surface area contributed by atoms with E-state index in [2.05, 4.69) is 31.1 Å². The number of benzene rings is 1. The molecule has 20 heavy (non-hydrogen) atoms. The molecule has 0 fully saturated rings. The van der Waals surface area contributed by atoms with Gasteiger partial charge in [-0.05, 0) is 36.5 Å². The van der Waals surface area contributed by atoms with E-state index in [0.717, 1.165) is 16.9 Å². The lowest BCUT2D eigenvalue weighted by Crippen LogP contribution is -2.05. The zero-order valence-electron chi connectivity index (χ0n) is 12.1. The number of para-hydroxylation sites is 1. The normalized spacial score (nSPS) is 11.0. The third kappa shape index (κ3) is 2.90. The number of aryl methyl sites for hydroxylation is 1. The molecule has 0 spiro atoms. The molecule has 1 aromatic carbocycles. The number of rotatable bonds is 5. The molecule has 1 aromatic heterocycles. The second-order valence-electron chi connectivity index (χ2n) is 5.27. The van der Waals surface area contributed by atoms with Crippen molar-refractivity contribution in [3.8, 4) is 5.69 Å². The van der Waals surface area contributed by atoms with Gasteiger partial charge >= 0.3 is 5.97 Å². The summed E-state index contributed by atoms with van der Waals surface area (Å²) in [6.07, 6.45) is 2.43. The van der Waals surface area contributed by atoms with Crippen molar-refractivity contribution < 1.29 is 9.90 Å². The van der Waals surface area contributed by atoms with E-state index in [4.69, 9.17) is 5.11 Å². The Labute approximate surface area is 119 Å². The second kappa shape index (κ2) is 5.90. The summed E-state index contributed by atoms with van der Waals surface area (Å²) in [5, 5.41) is 13.2. The summed E-state index contributed by atoms with van der Waals surface area (Å²) < 4.78 is 1.91. The van der Waals surface area contributed by atoms with Gasteiger partial charge in [-0.15, -0.1) is 0 Å². The van der Waals surface area contributed by atoms with Crippen LogP contribution < -0.4 is 0 Å². The van der Waals surface area contributed by atoms with E-state index in [9.17, 15) is 4.79 Å². The molecule has 0 bridgehead atoms. The average molecular weight is 272 g/mol. The topological polar surface area (TPSA) is 55.1 Å². The van der Waals surface area contributed by atoms with Crippen LogP contribution in [0.4, 0.5) is 0 Å². The van der Waals surface area contributed by atoms with Crippen molar-refractivity contribution in [3.63, 3.8) is 0 Å². The van der Waals surface area contributed by atoms with Crippen LogP contribution in [0.2, 0.25) is 0 Å². The average Bonchev–Trinajstić information content (AvgIpc) is 2.77. The molecule has 1 heterocycles. The first-order valence-electron chi connectivity index (χ1n) is 6.85. The molecule has 0 saturated carbocycles. The van der Waals surface area contributed by atoms with Crippen molar-refractivity contribution in [3.05, 3.63) is 47.3 Å². The third-order valence-electron chi connectivity index (χ3n) is 3.51. The maximum absolute atomic E-state index is 10.7. The summed E-state index contributed by atoms with van der Waals surface area (Å²) in [5.41, 5.74) is 4.32. The molecule has 4 heteroatoms. The Bertz CT molecular complexity index is 615. The van der Waals surface area contributed by atoms with Crippen molar-refractivity contribution in [2.75, 3.05) is 0 Å². The van der Waals surface area contributed by atoms with Crippen LogP contribution in [0.15, 0.2) is 30.5 Å². The smallest absolute Gasteiger partial charge is 0.303 e. The van der Waals surface area contributed by atoms with Crippen molar-refractivity contribution in [1.82, 2.24) is 9.78 Å². The maximum atomic E-state index is 10.7. The molecule has 0 atom stereocenters. The standard InChI is InChI=1S/C16H20N2O2/c1-11(2)14-6-4-5-7-15(14)18-12(3)13(10-17-18)8-9-16(19)20/h4-7,10-11H,8-9H2,1-3H3,(H,19,20). The Hall–Kier alpha value is -2.10. The van der Waals surface area contributed by atoms with Gasteiger partial charge in [0.1, 0.15) is 0 Å². The quantitative estimate of drug-likeness (QED) is 0.908. The van der Waals surface area contributed by atoms with Crippen molar-refractivity contribution in [1.29, 1.82) is 0 Å². The highest BCUT2D eigenvalue weighted by Crippen LogP contribution is 2.24. The van der Waals surface area contributed by atoms with E-state index in [1.165, 1.54) is 5.56 Å². The molecule has 0 amide bonds. The Morgan fingerprint density at radius 3 is 2.70 bits per heavy atom. The van der Waals surface area contributed by atoms with Gasteiger partial charge in [0, 0.05) is 12.1 Å². The van der Waals surface area contributed by atoms with Crippen LogP contribution in [-0.4, -0.2) is 20.9 Å². The van der Waals surface area contributed by atoms with Gasteiger partial charge < -0.3 is 5.11 Å². The Balaban J connectivity index is 2.37. The summed E-state index contributed by atoms with van der Waals surface area (Å²) in [4.78, 5) is 10.7. The zero-order chi connectivity index (χ0) is 14.7. The molecule has 0 aliphatic rings. The largest absolute Gasteiger partial charge is 0.481 e. The second-order valence-corrected chi connectivity index (χ2v) is 5.27. The summed E-state index contributed by atoms with van der Waals surface area (Å²) in [6.45, 7) is 6.30. The molecule has 0 aliphatic carbocycles. The Morgan fingerprint density at radius 2 is 2.05 bits per heavy atom. The van der Waals surface area contributed by atoms with Gasteiger partial charge in [-0.1, -0.05) is 32.0 Å². The number of carboxylic acid groups (broad SMARTS) is 1. The van der Waals surface area contributed by atoms with Crippen LogP contribution in [0.1, 0.15) is 43.0 Å². The molecule has 2 rings (SSSR count). The molecule has 0 saturated heterocycles. The molecule has 0 aliphatic heterocycles. The highest BCUT2D eigenvalue weighted by atomic mass is 16.4. The Morgan fingerprint density at radius 1 is 1.35 bits per heavy atom. The molecular formula is C16H20N2O2. The number of hydrogen-bond donors (Lipinski definition) is 1. The molecule has 0 unspecified atom stereocenters. The summed E-state index contributed by atoms with van der Waals surface area (Å²) >= 11 is 0. The number of aliphatic carboxylic acids is 1. The van der Waals surface area contributed by atoms with E-state index >= 15 is 0 Å². The zero-order valence-corrected chi connectivity index (χ0v) is 12.1. The van der Waals surface area contributed by atoms with Crippen LogP contribution in [0.25, 0.3) is 5.69 Å². The summed E-state index contributed by atoms with van der Waals surface area (Å²) in [5.74, 6) is -0.364. The van der Waals surface area contributed by atoms with E-state index in [-0.39, 0.29) is 6.42 Å². The first-order chi connectivity index (χ1) is 9.50. The monoisotopic (exact) mass is 272 g/mol. The van der Waals surface area contributed by atoms with Gasteiger partial charge in [-0.2, -0.15) is 5.10 Å². The fourth-order valence-electron chi connectivity index (χ4n) is 2.34. The lowest BCUT2D eigenvalue weighted by atomic mass is 10.0. The van der Waals surface area contributed by atoms with Crippen molar-refractivity contribution in [2.45, 2.75) is 39.5 Å². The van der Waals surface area contributed by atoms with Gasteiger partial charge in [-0.25, -0.2) is 4.68 Å². The minimum Gasteiger partial charge on any atom is -0.481 e. The molecule has 0 radical (unpaired) electrons. The van der Waals surface area contributed by atoms with Gasteiger partial charge in [0.25, 0.3) is 0 Å². The fraction of sp³-hybridized carbons (Fsp3) is 0.375. The first kappa shape index (κ1) is 14.3. The van der Waals surface area contributed by atoms with Crippen LogP contribution in [-0.2, 0) is 11.2 Å². The maximum Gasteiger partial charge on any atom is 0.303 e. The molecule has 2 aromatic rings. The number of carboxylic acids is 1. The minimum atomic E-state index is -0.778. The van der Waals surface area contributed by atoms with Crippen LogP contribution in [0.3, 0.4) is 0 Å². The predicted octanol–water partition coefficient (Wildman–Crippen LogP) is 3.32. The van der Waals surface area contributed by atoms with Gasteiger partial charge in [-0.3, -0.25) is 4.79 Å². The van der Waals surface area contributed by atoms with E-state index in [0.29, 0.717) is 12.3 Å². The van der Waals surface area contributed by atoms with Gasteiger partial charge in [0.15, 0.2) is 0 Å². The highest BCUT2D eigenvalue weighted by Gasteiger charge is 2.13. The molecule has 1 N–H and O–H groups in total. The summed E-state index contributed by atoms with van der Waals surface area (Å²) in [6, 6.07) is 8.19. The van der Waals surface area contributed by atoms with E-state index in [1.54, 1.807) is 6.20 Å². The SMILES string of the molecule is Cc1c(CCC(=O)O)cnn1-c1ccccc1C(C)C. The Kier molecular flexibility index (Phi) is 4.23. The molecule has 4 nitrogen and oxygen atoms in total. The van der Waals surface area contributed by atoms with Gasteiger partial charge in [0.2, 0.25) is 0 Å². The van der Waals surface area contributed by atoms with Gasteiger partial charge in [0.05, 0.1) is 11.9 Å². The molecular weight excluding hydrogens is 252 g/mol. The van der Waals surface area contributed by atoms with Crippen LogP contribution in [0, 0.1) is 6.92 Å². The van der Waals surface area contributed by atoms with E-state index in [1.807, 2.05) is 23.7 Å². The van der Waals surface area contributed by atoms with Crippen molar-refractivity contribution in [2.24, 2.45) is 0 Å². The lowest BCUT2D eigenvalue weighted by Gasteiger charge is -2.14. The first-order valence-corrected chi connectivity index (χ1v) is 6.85. The van der Waals surface area contributed by atoms with Crippen LogP contribution >= 0.6 is 0 Å².